The fraction of sp³-hybridized carbons (Fsp3) is 0.111. The first kappa shape index (κ1) is 26.7. The Balaban J connectivity index is 1.58. The molecule has 0 aromatic heterocycles. The normalized spacial score (nSPS) is 14.4. The van der Waals surface area contributed by atoms with Crippen LogP contribution in [0.1, 0.15) is 21.5 Å². The SMILES string of the molecule is COC(=O)c1ccc(N2C(=O)NC(=O)/C(=C\c3ccc(OCc4ccc(Cl)cc4Cl)c(OC)c3)C2=O)cc1. The second-order valence-electron chi connectivity index (χ2n) is 7.93. The van der Waals surface area contributed by atoms with E-state index in [1.165, 1.54) is 44.6 Å². The highest BCUT2D eigenvalue weighted by molar-refractivity contribution is 6.39. The molecule has 9 nitrogen and oxygen atoms in total. The van der Waals surface area contributed by atoms with Gasteiger partial charge in [0.2, 0.25) is 0 Å². The maximum absolute atomic E-state index is 13.2. The molecular weight excluding hydrogens is 535 g/mol. The number of methoxy groups -OCH3 is 2. The first-order valence-electron chi connectivity index (χ1n) is 11.1. The van der Waals surface area contributed by atoms with E-state index in [9.17, 15) is 19.2 Å². The van der Waals surface area contributed by atoms with Crippen LogP contribution in [0.5, 0.6) is 11.5 Å². The van der Waals surface area contributed by atoms with Crippen molar-refractivity contribution in [3.8, 4) is 11.5 Å². The van der Waals surface area contributed by atoms with Gasteiger partial charge in [-0.25, -0.2) is 14.5 Å². The molecule has 0 radical (unpaired) electrons. The van der Waals surface area contributed by atoms with Gasteiger partial charge in [-0.1, -0.05) is 35.3 Å². The number of barbiturate groups is 1. The Kier molecular flexibility index (Phi) is 7.99. The van der Waals surface area contributed by atoms with Gasteiger partial charge in [0.1, 0.15) is 12.2 Å². The summed E-state index contributed by atoms with van der Waals surface area (Å²) in [6.45, 7) is 0.152. The highest BCUT2D eigenvalue weighted by atomic mass is 35.5. The summed E-state index contributed by atoms with van der Waals surface area (Å²) in [7, 11) is 2.69. The molecule has 1 N–H and O–H groups in total. The molecule has 38 heavy (non-hydrogen) atoms. The van der Waals surface area contributed by atoms with Crippen LogP contribution in [0.25, 0.3) is 6.08 Å². The number of imide groups is 2. The lowest BCUT2D eigenvalue weighted by molar-refractivity contribution is -0.122. The number of esters is 1. The van der Waals surface area contributed by atoms with Crippen LogP contribution in [0.2, 0.25) is 10.0 Å². The molecule has 1 aliphatic rings. The second kappa shape index (κ2) is 11.4. The number of benzene rings is 3. The minimum Gasteiger partial charge on any atom is -0.493 e. The summed E-state index contributed by atoms with van der Waals surface area (Å²) < 4.78 is 15.9. The Morgan fingerprint density at radius 3 is 2.34 bits per heavy atom. The third-order valence-corrected chi connectivity index (χ3v) is 6.13. The van der Waals surface area contributed by atoms with Crippen molar-refractivity contribution in [1.29, 1.82) is 0 Å². The maximum Gasteiger partial charge on any atom is 0.337 e. The molecule has 11 heteroatoms. The third-order valence-electron chi connectivity index (χ3n) is 5.55. The van der Waals surface area contributed by atoms with Crippen molar-refractivity contribution in [3.63, 3.8) is 0 Å². The van der Waals surface area contributed by atoms with Crippen LogP contribution in [0.3, 0.4) is 0 Å². The summed E-state index contributed by atoms with van der Waals surface area (Å²) in [5, 5.41) is 3.12. The first-order chi connectivity index (χ1) is 18.2. The maximum atomic E-state index is 13.2. The van der Waals surface area contributed by atoms with Crippen molar-refractivity contribution in [2.75, 3.05) is 19.1 Å². The lowest BCUT2D eigenvalue weighted by Crippen LogP contribution is -2.54. The number of nitrogens with zero attached hydrogens (tertiary/aromatic N) is 1. The fourth-order valence-electron chi connectivity index (χ4n) is 3.61. The molecule has 3 aromatic carbocycles. The van der Waals surface area contributed by atoms with Crippen LogP contribution in [0.15, 0.2) is 66.2 Å². The number of rotatable bonds is 7. The molecule has 1 aliphatic heterocycles. The van der Waals surface area contributed by atoms with Crippen LogP contribution in [-0.2, 0) is 20.9 Å². The van der Waals surface area contributed by atoms with Crippen LogP contribution in [0.4, 0.5) is 10.5 Å². The smallest absolute Gasteiger partial charge is 0.337 e. The summed E-state index contributed by atoms with van der Waals surface area (Å²) in [5.74, 6) is -1.50. The quantitative estimate of drug-likeness (QED) is 0.247. The predicted octanol–water partition coefficient (Wildman–Crippen LogP) is 5.03. The van der Waals surface area contributed by atoms with E-state index in [2.05, 4.69) is 10.1 Å². The molecule has 0 spiro atoms. The standard InChI is InChI=1S/C27H20Cl2N2O7/c1-36-23-12-15(3-10-22(23)38-14-17-4-7-18(28)13-21(17)29)11-20-24(32)30-27(35)31(25(20)33)19-8-5-16(6-9-19)26(34)37-2/h3-13H,14H2,1-2H3,(H,30,32,35)/b20-11+. The Bertz CT molecular complexity index is 1470. The molecule has 1 saturated heterocycles. The zero-order chi connectivity index (χ0) is 27.4. The third kappa shape index (κ3) is 5.64. The minimum atomic E-state index is -0.912. The fourth-order valence-corrected chi connectivity index (χ4v) is 4.07. The van der Waals surface area contributed by atoms with Gasteiger partial charge in [0.05, 0.1) is 25.5 Å². The number of carbonyl (C=O) groups is 4. The highest BCUT2D eigenvalue weighted by Gasteiger charge is 2.37. The average Bonchev–Trinajstić information content (AvgIpc) is 2.90. The molecule has 194 valence electrons. The Hall–Kier alpha value is -4.34. The van der Waals surface area contributed by atoms with Gasteiger partial charge in [0.15, 0.2) is 11.5 Å². The molecular formula is C27H20Cl2N2O7. The lowest BCUT2D eigenvalue weighted by Gasteiger charge is -2.26. The molecule has 1 fully saturated rings. The van der Waals surface area contributed by atoms with E-state index in [0.29, 0.717) is 27.1 Å². The molecule has 4 rings (SSSR count). The first-order valence-corrected chi connectivity index (χ1v) is 11.8. The number of nitrogens with one attached hydrogen (secondary N) is 1. The predicted molar refractivity (Wildman–Crippen MR) is 141 cm³/mol. The number of ether oxygens (including phenoxy) is 3. The summed E-state index contributed by atoms with van der Waals surface area (Å²) in [5.41, 5.74) is 1.30. The number of hydrogen-bond acceptors (Lipinski definition) is 7. The van der Waals surface area contributed by atoms with Gasteiger partial charge in [0.25, 0.3) is 11.8 Å². The van der Waals surface area contributed by atoms with Gasteiger partial charge in [-0.3, -0.25) is 14.9 Å². The second-order valence-corrected chi connectivity index (χ2v) is 8.77. The molecule has 4 amide bonds. The van der Waals surface area contributed by atoms with Crippen molar-refractivity contribution >= 4 is 58.8 Å². The molecule has 3 aromatic rings. The van der Waals surface area contributed by atoms with E-state index in [1.807, 2.05) is 0 Å². The molecule has 0 saturated carbocycles. The summed E-state index contributed by atoms with van der Waals surface area (Å²) in [6, 6.07) is 14.6. The highest BCUT2D eigenvalue weighted by Crippen LogP contribution is 2.31. The Morgan fingerprint density at radius 1 is 0.947 bits per heavy atom. The van der Waals surface area contributed by atoms with Crippen molar-refractivity contribution in [1.82, 2.24) is 5.32 Å². The van der Waals surface area contributed by atoms with E-state index < -0.39 is 23.8 Å². The van der Waals surface area contributed by atoms with Crippen LogP contribution in [-0.4, -0.2) is 38.0 Å². The molecule has 0 unspecified atom stereocenters. The molecule has 0 aliphatic carbocycles. The van der Waals surface area contributed by atoms with Crippen molar-refractivity contribution < 1.29 is 33.4 Å². The monoisotopic (exact) mass is 554 g/mol. The number of carbonyl (C=O) groups excluding carboxylic acids is 4. The lowest BCUT2D eigenvalue weighted by atomic mass is 10.1. The van der Waals surface area contributed by atoms with Crippen LogP contribution in [0, 0.1) is 0 Å². The average molecular weight is 555 g/mol. The zero-order valence-corrected chi connectivity index (χ0v) is 21.6. The number of urea groups is 1. The van der Waals surface area contributed by atoms with Gasteiger partial charge in [-0.15, -0.1) is 0 Å². The van der Waals surface area contributed by atoms with E-state index in [-0.39, 0.29) is 23.4 Å². The van der Waals surface area contributed by atoms with E-state index in [0.717, 1.165) is 10.5 Å². The Morgan fingerprint density at radius 2 is 1.68 bits per heavy atom. The molecule has 0 bridgehead atoms. The summed E-state index contributed by atoms with van der Waals surface area (Å²) in [4.78, 5) is 50.6. The van der Waals surface area contributed by atoms with E-state index in [4.69, 9.17) is 32.7 Å². The summed E-state index contributed by atoms with van der Waals surface area (Å²) >= 11 is 12.1. The van der Waals surface area contributed by atoms with Gasteiger partial charge in [0, 0.05) is 15.6 Å². The topological polar surface area (TPSA) is 111 Å². The summed E-state index contributed by atoms with van der Waals surface area (Å²) in [6.07, 6.45) is 1.34. The number of hydrogen-bond donors (Lipinski definition) is 1. The molecule has 0 atom stereocenters. The number of amides is 4. The van der Waals surface area contributed by atoms with Gasteiger partial charge >= 0.3 is 12.0 Å². The largest absolute Gasteiger partial charge is 0.493 e. The van der Waals surface area contributed by atoms with Crippen LogP contribution >= 0.6 is 23.2 Å². The van der Waals surface area contributed by atoms with Crippen molar-refractivity contribution in [2.45, 2.75) is 6.61 Å². The number of halogens is 2. The molecule has 1 heterocycles. The van der Waals surface area contributed by atoms with E-state index in [1.54, 1.807) is 36.4 Å². The van der Waals surface area contributed by atoms with Gasteiger partial charge < -0.3 is 14.2 Å². The van der Waals surface area contributed by atoms with Crippen molar-refractivity contribution in [2.24, 2.45) is 0 Å². The number of anilines is 1. The van der Waals surface area contributed by atoms with Gasteiger partial charge in [-0.2, -0.15) is 0 Å². The Labute approximate surface area is 227 Å². The van der Waals surface area contributed by atoms with Crippen LogP contribution < -0.4 is 19.7 Å². The minimum absolute atomic E-state index is 0.152. The zero-order valence-electron chi connectivity index (χ0n) is 20.1. The van der Waals surface area contributed by atoms with Crippen molar-refractivity contribution in [3.05, 3.63) is 93.0 Å². The van der Waals surface area contributed by atoms with Gasteiger partial charge in [-0.05, 0) is 60.2 Å². The van der Waals surface area contributed by atoms with E-state index >= 15 is 0 Å².